The molecule has 2 heterocycles. The molecule has 7 heteroatoms. The number of benzene rings is 1. The minimum atomic E-state index is -0.475. The molecule has 7 nitrogen and oxygen atoms in total. The Kier molecular flexibility index (Phi) is 4.83. The summed E-state index contributed by atoms with van der Waals surface area (Å²) < 4.78 is 10.3. The number of carbonyl (C=O) groups is 2. The molecule has 1 aliphatic heterocycles. The van der Waals surface area contributed by atoms with Crippen molar-refractivity contribution < 1.29 is 19.1 Å². The number of urea groups is 1. The summed E-state index contributed by atoms with van der Waals surface area (Å²) in [6.07, 6.45) is 1.43. The summed E-state index contributed by atoms with van der Waals surface area (Å²) in [4.78, 5) is 30.0. The minimum Gasteiger partial charge on any atom is -0.490 e. The number of esters is 1. The predicted molar refractivity (Wildman–Crippen MR) is 91.7 cm³/mol. The van der Waals surface area contributed by atoms with Gasteiger partial charge in [0.1, 0.15) is 18.1 Å². The Morgan fingerprint density at radius 3 is 2.76 bits per heavy atom. The van der Waals surface area contributed by atoms with Crippen molar-refractivity contribution in [1.29, 1.82) is 0 Å². The Hall–Kier alpha value is -3.09. The van der Waals surface area contributed by atoms with Crippen LogP contribution in [0.5, 0.6) is 5.75 Å². The molecule has 0 aliphatic carbocycles. The molecule has 2 aromatic rings. The number of nitrogens with zero attached hydrogens (tertiary/aromatic N) is 2. The third-order valence-corrected chi connectivity index (χ3v) is 3.90. The summed E-state index contributed by atoms with van der Waals surface area (Å²) >= 11 is 0. The highest BCUT2D eigenvalue weighted by Crippen LogP contribution is 2.23. The fourth-order valence-electron chi connectivity index (χ4n) is 2.48. The van der Waals surface area contributed by atoms with E-state index in [2.05, 4.69) is 15.0 Å². The Labute approximate surface area is 145 Å². The summed E-state index contributed by atoms with van der Waals surface area (Å²) in [6, 6.07) is 8.96. The highest BCUT2D eigenvalue weighted by atomic mass is 16.5. The predicted octanol–water partition coefficient (Wildman–Crippen LogP) is 2.60. The molecule has 0 fully saturated rings. The molecule has 0 radical (unpaired) electrons. The Balaban J connectivity index is 1.73. The van der Waals surface area contributed by atoms with Crippen LogP contribution in [0.25, 0.3) is 0 Å². The molecular formula is C18H19N3O4. The van der Waals surface area contributed by atoms with Gasteiger partial charge in [0, 0.05) is 11.9 Å². The number of fused-ring (bicyclic) bond motifs is 1. The fraction of sp³-hybridized carbons (Fsp3) is 0.278. The molecule has 1 N–H and O–H groups in total. The largest absolute Gasteiger partial charge is 0.490 e. The minimum absolute atomic E-state index is 0.223. The van der Waals surface area contributed by atoms with Crippen molar-refractivity contribution in [3.8, 4) is 5.75 Å². The normalized spacial score (nSPS) is 13.3. The maximum Gasteiger partial charge on any atom is 0.339 e. The van der Waals surface area contributed by atoms with Crippen LogP contribution in [0.15, 0.2) is 36.5 Å². The van der Waals surface area contributed by atoms with Gasteiger partial charge in [-0.15, -0.1) is 0 Å². The van der Waals surface area contributed by atoms with Crippen molar-refractivity contribution in [2.24, 2.45) is 0 Å². The van der Waals surface area contributed by atoms with Crippen molar-refractivity contribution in [1.82, 2.24) is 9.88 Å². The lowest BCUT2D eigenvalue weighted by Crippen LogP contribution is -2.36. The standard InChI is InChI=1S/C18H19N3O4/c1-12-3-5-14(6-4-12)20-18(23)21-7-8-25-16-9-13(17(22)24-2)10-19-15(16)11-21/h3-6,9-10H,7-8,11H2,1-2H3,(H,20,23). The maximum absolute atomic E-state index is 12.5. The van der Waals surface area contributed by atoms with Gasteiger partial charge in [-0.1, -0.05) is 17.7 Å². The first-order chi connectivity index (χ1) is 12.1. The van der Waals surface area contributed by atoms with Gasteiger partial charge in [-0.25, -0.2) is 9.59 Å². The van der Waals surface area contributed by atoms with Crippen LogP contribution in [0, 0.1) is 6.92 Å². The number of amides is 2. The summed E-state index contributed by atoms with van der Waals surface area (Å²) in [5.41, 5.74) is 2.78. The van der Waals surface area contributed by atoms with Gasteiger partial charge < -0.3 is 19.7 Å². The van der Waals surface area contributed by atoms with Crippen LogP contribution in [0.2, 0.25) is 0 Å². The van der Waals surface area contributed by atoms with Crippen LogP contribution < -0.4 is 10.1 Å². The lowest BCUT2D eigenvalue weighted by molar-refractivity contribution is 0.0599. The number of carbonyl (C=O) groups excluding carboxylic acids is 2. The van der Waals surface area contributed by atoms with Crippen molar-refractivity contribution in [3.63, 3.8) is 0 Å². The lowest BCUT2D eigenvalue weighted by atomic mass is 10.2. The molecular weight excluding hydrogens is 322 g/mol. The monoisotopic (exact) mass is 341 g/mol. The van der Waals surface area contributed by atoms with Crippen LogP contribution in [-0.2, 0) is 11.3 Å². The molecule has 130 valence electrons. The van der Waals surface area contributed by atoms with Crippen molar-refractivity contribution in [2.75, 3.05) is 25.6 Å². The number of hydrogen-bond donors (Lipinski definition) is 1. The van der Waals surface area contributed by atoms with Crippen LogP contribution in [0.3, 0.4) is 0 Å². The quantitative estimate of drug-likeness (QED) is 0.849. The van der Waals surface area contributed by atoms with Crippen LogP contribution >= 0.6 is 0 Å². The summed E-state index contributed by atoms with van der Waals surface area (Å²) in [7, 11) is 1.31. The van der Waals surface area contributed by atoms with Crippen LogP contribution in [0.4, 0.5) is 10.5 Å². The highest BCUT2D eigenvalue weighted by molar-refractivity contribution is 5.90. The van der Waals surface area contributed by atoms with E-state index in [4.69, 9.17) is 4.74 Å². The summed E-state index contributed by atoms with van der Waals surface area (Å²) in [6.45, 7) is 3.03. The van der Waals surface area contributed by atoms with Gasteiger partial charge in [0.15, 0.2) is 0 Å². The number of hydrogen-bond acceptors (Lipinski definition) is 5. The molecule has 0 saturated heterocycles. The number of methoxy groups -OCH3 is 1. The van der Waals surface area contributed by atoms with E-state index in [1.54, 1.807) is 11.0 Å². The zero-order chi connectivity index (χ0) is 17.8. The molecule has 1 aliphatic rings. The molecule has 0 saturated carbocycles. The number of aryl methyl sites for hydroxylation is 1. The number of ether oxygens (including phenoxy) is 2. The molecule has 1 aromatic carbocycles. The molecule has 25 heavy (non-hydrogen) atoms. The third kappa shape index (κ3) is 3.88. The fourth-order valence-corrected chi connectivity index (χ4v) is 2.48. The SMILES string of the molecule is COC(=O)c1cnc2c(c1)OCCN(C(=O)Nc1ccc(C)cc1)C2. The van der Waals surface area contributed by atoms with Crippen molar-refractivity contribution in [2.45, 2.75) is 13.5 Å². The Bertz CT molecular complexity index is 789. The van der Waals surface area contributed by atoms with E-state index in [0.717, 1.165) is 11.3 Å². The van der Waals surface area contributed by atoms with Gasteiger partial charge in [0.2, 0.25) is 0 Å². The van der Waals surface area contributed by atoms with Crippen LogP contribution in [-0.4, -0.2) is 42.1 Å². The number of anilines is 1. The third-order valence-electron chi connectivity index (χ3n) is 3.90. The van der Waals surface area contributed by atoms with E-state index >= 15 is 0 Å². The van der Waals surface area contributed by atoms with Crippen molar-refractivity contribution >= 4 is 17.7 Å². The number of nitrogens with one attached hydrogen (secondary N) is 1. The summed E-state index contributed by atoms with van der Waals surface area (Å²) in [5, 5.41) is 2.87. The first-order valence-corrected chi connectivity index (χ1v) is 7.89. The van der Waals surface area contributed by atoms with Gasteiger partial charge in [-0.3, -0.25) is 4.98 Å². The topological polar surface area (TPSA) is 80.8 Å². The van der Waals surface area contributed by atoms with E-state index < -0.39 is 5.97 Å². The van der Waals surface area contributed by atoms with E-state index in [1.807, 2.05) is 31.2 Å². The lowest BCUT2D eigenvalue weighted by Gasteiger charge is -2.20. The smallest absolute Gasteiger partial charge is 0.339 e. The number of pyridine rings is 1. The average molecular weight is 341 g/mol. The molecule has 0 unspecified atom stereocenters. The van der Waals surface area contributed by atoms with Gasteiger partial charge in [-0.05, 0) is 25.1 Å². The van der Waals surface area contributed by atoms with E-state index in [9.17, 15) is 9.59 Å². The van der Waals surface area contributed by atoms with Crippen molar-refractivity contribution in [3.05, 3.63) is 53.3 Å². The highest BCUT2D eigenvalue weighted by Gasteiger charge is 2.22. The number of rotatable bonds is 2. The average Bonchev–Trinajstić information content (AvgIpc) is 2.84. The maximum atomic E-state index is 12.5. The van der Waals surface area contributed by atoms with Gasteiger partial charge in [-0.2, -0.15) is 0 Å². The van der Waals surface area contributed by atoms with E-state index in [0.29, 0.717) is 36.7 Å². The second-order valence-electron chi connectivity index (χ2n) is 5.73. The van der Waals surface area contributed by atoms with E-state index in [1.165, 1.54) is 13.3 Å². The first kappa shape index (κ1) is 16.8. The Morgan fingerprint density at radius 1 is 1.28 bits per heavy atom. The van der Waals surface area contributed by atoms with Crippen LogP contribution in [0.1, 0.15) is 21.6 Å². The molecule has 1 aromatic heterocycles. The Morgan fingerprint density at radius 2 is 2.04 bits per heavy atom. The zero-order valence-corrected chi connectivity index (χ0v) is 14.1. The molecule has 0 bridgehead atoms. The first-order valence-electron chi connectivity index (χ1n) is 7.89. The molecule has 2 amide bonds. The molecule has 3 rings (SSSR count). The van der Waals surface area contributed by atoms with Gasteiger partial charge in [0.05, 0.1) is 25.8 Å². The summed E-state index contributed by atoms with van der Waals surface area (Å²) in [5.74, 6) is 0.0191. The second-order valence-corrected chi connectivity index (χ2v) is 5.73. The molecule has 0 atom stereocenters. The number of aromatic nitrogens is 1. The molecule has 0 spiro atoms. The zero-order valence-electron chi connectivity index (χ0n) is 14.1. The van der Waals surface area contributed by atoms with E-state index in [-0.39, 0.29) is 6.03 Å². The van der Waals surface area contributed by atoms with Gasteiger partial charge >= 0.3 is 12.0 Å². The second kappa shape index (κ2) is 7.21. The van der Waals surface area contributed by atoms with Gasteiger partial charge in [0.25, 0.3) is 0 Å².